The molecule has 0 heterocycles. The second kappa shape index (κ2) is 8.36. The third-order valence-corrected chi connectivity index (χ3v) is 5.55. The van der Waals surface area contributed by atoms with Crippen LogP contribution in [0.5, 0.6) is 0 Å². The molecule has 0 radical (unpaired) electrons. The number of para-hydroxylation sites is 1. The maximum Gasteiger partial charge on any atom is 0.244 e. The lowest BCUT2D eigenvalue weighted by molar-refractivity contribution is -0.122. The largest absolute Gasteiger partial charge is 0.347 e. The van der Waals surface area contributed by atoms with E-state index >= 15 is 0 Å². The van der Waals surface area contributed by atoms with Gasteiger partial charge in [0.05, 0.1) is 18.0 Å². The van der Waals surface area contributed by atoms with E-state index in [4.69, 9.17) is 0 Å². The molecule has 6 heteroatoms. The number of carbonyl (C=O) groups is 1. The molecule has 2 atom stereocenters. The Morgan fingerprint density at radius 1 is 1.08 bits per heavy atom. The summed E-state index contributed by atoms with van der Waals surface area (Å²) in [5, 5.41) is 2.98. The van der Waals surface area contributed by atoms with E-state index in [1.807, 2.05) is 38.1 Å². The van der Waals surface area contributed by atoms with Gasteiger partial charge in [-0.05, 0) is 38.0 Å². The highest BCUT2D eigenvalue weighted by Crippen LogP contribution is 2.22. The standard InChI is InChI=1S/C20H26N2O3S/c1-5-19(17-13-11-15(2)12-14-17)21-20(23)16(3)22(26(4,24)25)18-9-7-6-8-10-18/h6-14,16,19H,5H2,1-4H3,(H,21,23)/t16-,19+/m0/s1. The first-order chi connectivity index (χ1) is 12.2. The summed E-state index contributed by atoms with van der Waals surface area (Å²) >= 11 is 0. The number of nitrogens with one attached hydrogen (secondary N) is 1. The molecular weight excluding hydrogens is 348 g/mol. The smallest absolute Gasteiger partial charge is 0.244 e. The number of carbonyl (C=O) groups excluding carboxylic acids is 1. The zero-order valence-corrected chi connectivity index (χ0v) is 16.5. The molecule has 5 nitrogen and oxygen atoms in total. The van der Waals surface area contributed by atoms with Crippen LogP contribution >= 0.6 is 0 Å². The van der Waals surface area contributed by atoms with Crippen LogP contribution in [0.1, 0.15) is 37.4 Å². The van der Waals surface area contributed by atoms with Crippen LogP contribution in [-0.2, 0) is 14.8 Å². The fourth-order valence-electron chi connectivity index (χ4n) is 2.90. The van der Waals surface area contributed by atoms with Crippen molar-refractivity contribution < 1.29 is 13.2 Å². The van der Waals surface area contributed by atoms with Gasteiger partial charge in [0.2, 0.25) is 15.9 Å². The van der Waals surface area contributed by atoms with E-state index < -0.39 is 16.1 Å². The van der Waals surface area contributed by atoms with Crippen LogP contribution in [0.15, 0.2) is 54.6 Å². The molecule has 0 saturated carbocycles. The van der Waals surface area contributed by atoms with Gasteiger partial charge in [0, 0.05) is 0 Å². The van der Waals surface area contributed by atoms with Gasteiger partial charge in [0.25, 0.3) is 0 Å². The first-order valence-corrected chi connectivity index (χ1v) is 10.5. The highest BCUT2D eigenvalue weighted by molar-refractivity contribution is 7.92. The molecule has 0 aliphatic rings. The van der Waals surface area contributed by atoms with Crippen LogP contribution in [0, 0.1) is 6.92 Å². The maximum atomic E-state index is 12.8. The van der Waals surface area contributed by atoms with Crippen LogP contribution in [0.25, 0.3) is 0 Å². The molecule has 0 bridgehead atoms. The molecule has 0 aliphatic heterocycles. The van der Waals surface area contributed by atoms with Crippen molar-refractivity contribution in [2.45, 2.75) is 39.3 Å². The number of amides is 1. The van der Waals surface area contributed by atoms with Crippen LogP contribution in [0.2, 0.25) is 0 Å². The Balaban J connectivity index is 2.24. The summed E-state index contributed by atoms with van der Waals surface area (Å²) in [7, 11) is -3.60. The van der Waals surface area contributed by atoms with Crippen molar-refractivity contribution in [3.05, 3.63) is 65.7 Å². The zero-order valence-electron chi connectivity index (χ0n) is 15.6. The van der Waals surface area contributed by atoms with Crippen molar-refractivity contribution in [2.75, 3.05) is 10.6 Å². The Labute approximate surface area is 156 Å². The Kier molecular flexibility index (Phi) is 6.42. The molecule has 0 spiro atoms. The number of benzene rings is 2. The summed E-state index contributed by atoms with van der Waals surface area (Å²) in [6.07, 6.45) is 1.83. The zero-order chi connectivity index (χ0) is 19.3. The highest BCUT2D eigenvalue weighted by atomic mass is 32.2. The summed E-state index contributed by atoms with van der Waals surface area (Å²) in [6.45, 7) is 5.60. The van der Waals surface area contributed by atoms with Crippen molar-refractivity contribution in [1.29, 1.82) is 0 Å². The Morgan fingerprint density at radius 2 is 1.65 bits per heavy atom. The monoisotopic (exact) mass is 374 g/mol. The molecular formula is C20H26N2O3S. The van der Waals surface area contributed by atoms with E-state index in [2.05, 4.69) is 5.32 Å². The van der Waals surface area contributed by atoms with Crippen molar-refractivity contribution in [3.8, 4) is 0 Å². The van der Waals surface area contributed by atoms with Gasteiger partial charge in [-0.2, -0.15) is 0 Å². The predicted octanol–water partition coefficient (Wildman–Crippen LogP) is 3.42. The number of hydrogen-bond acceptors (Lipinski definition) is 3. The van der Waals surface area contributed by atoms with Crippen molar-refractivity contribution in [2.24, 2.45) is 0 Å². The number of aryl methyl sites for hydroxylation is 1. The first-order valence-electron chi connectivity index (χ1n) is 8.65. The molecule has 0 aliphatic carbocycles. The van der Waals surface area contributed by atoms with Crippen molar-refractivity contribution >= 4 is 21.6 Å². The van der Waals surface area contributed by atoms with Crippen molar-refractivity contribution in [1.82, 2.24) is 5.32 Å². The number of rotatable bonds is 7. The Bertz CT molecular complexity index is 833. The summed E-state index contributed by atoms with van der Waals surface area (Å²) in [5.41, 5.74) is 2.63. The molecule has 26 heavy (non-hydrogen) atoms. The second-order valence-corrected chi connectivity index (χ2v) is 8.31. The quantitative estimate of drug-likeness (QED) is 0.807. The number of nitrogens with zero attached hydrogens (tertiary/aromatic N) is 1. The van der Waals surface area contributed by atoms with Gasteiger partial charge in [0.1, 0.15) is 6.04 Å². The van der Waals surface area contributed by atoms with Gasteiger partial charge in [-0.15, -0.1) is 0 Å². The summed E-state index contributed by atoms with van der Waals surface area (Å²) in [4.78, 5) is 12.8. The van der Waals surface area contributed by atoms with Crippen LogP contribution in [0.4, 0.5) is 5.69 Å². The van der Waals surface area contributed by atoms with E-state index in [9.17, 15) is 13.2 Å². The number of hydrogen-bond donors (Lipinski definition) is 1. The lowest BCUT2D eigenvalue weighted by Crippen LogP contribution is -2.48. The normalized spacial score (nSPS) is 13.7. The SMILES string of the molecule is CC[C@@H](NC(=O)[C@H](C)N(c1ccccc1)S(C)(=O)=O)c1ccc(C)cc1. The molecule has 0 aromatic heterocycles. The van der Waals surface area contributed by atoms with Gasteiger partial charge in [-0.25, -0.2) is 8.42 Å². The van der Waals surface area contributed by atoms with Gasteiger partial charge < -0.3 is 5.32 Å². The predicted molar refractivity (Wildman–Crippen MR) is 106 cm³/mol. The summed E-state index contributed by atoms with van der Waals surface area (Å²) in [6, 6.07) is 15.6. The van der Waals surface area contributed by atoms with Crippen LogP contribution in [0.3, 0.4) is 0 Å². The molecule has 2 rings (SSSR count). The van der Waals surface area contributed by atoms with Gasteiger partial charge in [-0.3, -0.25) is 9.10 Å². The maximum absolute atomic E-state index is 12.8. The van der Waals surface area contributed by atoms with Crippen LogP contribution < -0.4 is 9.62 Å². The minimum absolute atomic E-state index is 0.164. The topological polar surface area (TPSA) is 66.5 Å². The van der Waals surface area contributed by atoms with Gasteiger partial charge >= 0.3 is 0 Å². The fourth-order valence-corrected chi connectivity index (χ4v) is 4.07. The molecule has 1 N–H and O–H groups in total. The molecule has 1 amide bonds. The highest BCUT2D eigenvalue weighted by Gasteiger charge is 2.30. The number of anilines is 1. The van der Waals surface area contributed by atoms with E-state index in [1.54, 1.807) is 37.3 Å². The Hall–Kier alpha value is -2.34. The van der Waals surface area contributed by atoms with Gasteiger partial charge in [-0.1, -0.05) is 55.0 Å². The van der Waals surface area contributed by atoms with Gasteiger partial charge in [0.15, 0.2) is 0 Å². The number of sulfonamides is 1. The third kappa shape index (κ3) is 4.85. The Morgan fingerprint density at radius 3 is 2.15 bits per heavy atom. The van der Waals surface area contributed by atoms with E-state index in [1.165, 1.54) is 0 Å². The molecule has 140 valence electrons. The average molecular weight is 375 g/mol. The molecule has 0 unspecified atom stereocenters. The third-order valence-electron chi connectivity index (χ3n) is 4.30. The lowest BCUT2D eigenvalue weighted by atomic mass is 10.0. The lowest BCUT2D eigenvalue weighted by Gasteiger charge is -2.29. The van der Waals surface area contributed by atoms with E-state index in [0.29, 0.717) is 12.1 Å². The minimum atomic E-state index is -3.60. The summed E-state index contributed by atoms with van der Waals surface area (Å²) in [5.74, 6) is -0.327. The van der Waals surface area contributed by atoms with E-state index in [-0.39, 0.29) is 11.9 Å². The molecule has 2 aromatic carbocycles. The van der Waals surface area contributed by atoms with Crippen LogP contribution in [-0.4, -0.2) is 26.6 Å². The molecule has 2 aromatic rings. The van der Waals surface area contributed by atoms with E-state index in [0.717, 1.165) is 21.7 Å². The van der Waals surface area contributed by atoms with Crippen molar-refractivity contribution in [3.63, 3.8) is 0 Å². The minimum Gasteiger partial charge on any atom is -0.347 e. The summed E-state index contributed by atoms with van der Waals surface area (Å²) < 4.78 is 25.7. The molecule has 0 saturated heterocycles. The second-order valence-electron chi connectivity index (χ2n) is 6.45. The molecule has 0 fully saturated rings. The fraction of sp³-hybridized carbons (Fsp3) is 0.350. The first kappa shape index (κ1) is 20.0. The average Bonchev–Trinajstić information content (AvgIpc) is 2.60.